The average molecular weight is 338 g/mol. The second-order valence-electron chi connectivity index (χ2n) is 5.60. The summed E-state index contributed by atoms with van der Waals surface area (Å²) in [4.78, 5) is 15.4. The molecule has 1 aliphatic heterocycles. The lowest BCUT2D eigenvalue weighted by atomic mass is 9.90. The molecule has 124 valence electrons. The molecule has 1 aliphatic rings. The maximum atomic E-state index is 12.0. The number of aromatic amines is 1. The van der Waals surface area contributed by atoms with Gasteiger partial charge in [0.2, 0.25) is 0 Å². The average Bonchev–Trinajstić information content (AvgIpc) is 2.94. The summed E-state index contributed by atoms with van der Waals surface area (Å²) in [7, 11) is 1.65. The van der Waals surface area contributed by atoms with E-state index in [4.69, 9.17) is 25.8 Å². The lowest BCUT2D eigenvalue weighted by Crippen LogP contribution is -2.40. The molecule has 0 fully saturated rings. The van der Waals surface area contributed by atoms with Gasteiger partial charge in [0, 0.05) is 10.9 Å². The number of aromatic nitrogens is 1. The highest BCUT2D eigenvalue weighted by atomic mass is 35.5. The highest BCUT2D eigenvalue weighted by Gasteiger charge is 2.42. The second kappa shape index (κ2) is 6.42. The van der Waals surface area contributed by atoms with Gasteiger partial charge in [-0.3, -0.25) is 4.79 Å². The van der Waals surface area contributed by atoms with Gasteiger partial charge in [0.1, 0.15) is 11.4 Å². The number of hydrogen-bond acceptors (Lipinski definition) is 4. The smallest absolute Gasteiger partial charge is 0.309 e. The van der Waals surface area contributed by atoms with E-state index < -0.39 is 5.60 Å². The highest BCUT2D eigenvalue weighted by Crippen LogP contribution is 2.41. The fourth-order valence-corrected chi connectivity index (χ4v) is 3.47. The minimum Gasteiger partial charge on any atom is -0.497 e. The molecule has 6 heteroatoms. The molecule has 0 aliphatic carbocycles. The molecular weight excluding hydrogens is 318 g/mol. The van der Waals surface area contributed by atoms with Gasteiger partial charge >= 0.3 is 5.97 Å². The van der Waals surface area contributed by atoms with Crippen molar-refractivity contribution in [1.82, 2.24) is 4.98 Å². The number of alkyl halides is 1. The first-order valence-electron chi connectivity index (χ1n) is 7.68. The lowest BCUT2D eigenvalue weighted by Gasteiger charge is -2.35. The van der Waals surface area contributed by atoms with E-state index in [0.29, 0.717) is 13.2 Å². The summed E-state index contributed by atoms with van der Waals surface area (Å²) >= 11 is 6.22. The van der Waals surface area contributed by atoms with Crippen molar-refractivity contribution in [2.45, 2.75) is 25.4 Å². The summed E-state index contributed by atoms with van der Waals surface area (Å²) in [6.45, 7) is 2.64. The Hall–Kier alpha value is -1.72. The number of halogens is 1. The molecule has 23 heavy (non-hydrogen) atoms. The number of fused-ring (bicyclic) bond motifs is 3. The minimum atomic E-state index is -0.867. The van der Waals surface area contributed by atoms with Gasteiger partial charge in [-0.05, 0) is 37.1 Å². The van der Waals surface area contributed by atoms with Gasteiger partial charge in [-0.1, -0.05) is 0 Å². The van der Waals surface area contributed by atoms with E-state index >= 15 is 0 Å². The molecular formula is C17H20ClNO4. The van der Waals surface area contributed by atoms with Gasteiger partial charge < -0.3 is 19.2 Å². The molecule has 2 heterocycles. The fraction of sp³-hybridized carbons (Fsp3) is 0.471. The van der Waals surface area contributed by atoms with Crippen LogP contribution in [0.4, 0.5) is 0 Å². The summed E-state index contributed by atoms with van der Waals surface area (Å²) in [5.74, 6) is 0.674. The molecule has 1 aromatic carbocycles. The zero-order valence-corrected chi connectivity index (χ0v) is 14.0. The van der Waals surface area contributed by atoms with E-state index in [1.54, 1.807) is 14.0 Å². The number of esters is 1. The first-order chi connectivity index (χ1) is 11.1. The summed E-state index contributed by atoms with van der Waals surface area (Å²) in [6.07, 6.45) is 0.866. The standard InChI is InChI=1S/C17H20ClNO4/c1-3-22-15(20)9-17(10-18)16-12(6-7-23-17)13-8-11(21-2)4-5-14(13)19-16/h4-5,8,19H,3,6-7,9-10H2,1-2H3. The SMILES string of the molecule is CCOC(=O)CC1(CCl)OCCc2c1[nH]c1ccc(OC)cc21. The van der Waals surface area contributed by atoms with E-state index in [-0.39, 0.29) is 18.3 Å². The second-order valence-corrected chi connectivity index (χ2v) is 5.87. The Bertz CT molecular complexity index is 727. The Morgan fingerprint density at radius 2 is 2.30 bits per heavy atom. The predicted molar refractivity (Wildman–Crippen MR) is 88.2 cm³/mol. The van der Waals surface area contributed by atoms with Crippen LogP contribution in [0.2, 0.25) is 0 Å². The third-order valence-corrected chi connectivity index (χ3v) is 4.68. The molecule has 0 amide bonds. The van der Waals surface area contributed by atoms with Crippen LogP contribution in [0.15, 0.2) is 18.2 Å². The fourth-order valence-electron chi connectivity index (χ4n) is 3.16. The first-order valence-corrected chi connectivity index (χ1v) is 8.21. The molecule has 0 spiro atoms. The van der Waals surface area contributed by atoms with Crippen molar-refractivity contribution in [3.05, 3.63) is 29.5 Å². The minimum absolute atomic E-state index is 0.0985. The summed E-state index contributed by atoms with van der Waals surface area (Å²) in [6, 6.07) is 5.87. The molecule has 1 N–H and O–H groups in total. The third kappa shape index (κ3) is 2.79. The van der Waals surface area contributed by atoms with Crippen molar-refractivity contribution >= 4 is 28.5 Å². The van der Waals surface area contributed by atoms with Crippen LogP contribution in [0, 0.1) is 0 Å². The van der Waals surface area contributed by atoms with Crippen LogP contribution in [0.1, 0.15) is 24.6 Å². The van der Waals surface area contributed by atoms with Crippen LogP contribution in [0.3, 0.4) is 0 Å². The summed E-state index contributed by atoms with van der Waals surface area (Å²) in [5, 5.41) is 1.08. The van der Waals surface area contributed by atoms with Gasteiger partial charge in [-0.25, -0.2) is 0 Å². The Morgan fingerprint density at radius 1 is 1.48 bits per heavy atom. The maximum absolute atomic E-state index is 12.0. The van der Waals surface area contributed by atoms with Crippen LogP contribution in [-0.4, -0.2) is 37.2 Å². The van der Waals surface area contributed by atoms with Gasteiger partial charge in [-0.2, -0.15) is 0 Å². The molecule has 5 nitrogen and oxygen atoms in total. The Morgan fingerprint density at radius 3 is 3.00 bits per heavy atom. The summed E-state index contributed by atoms with van der Waals surface area (Å²) in [5.41, 5.74) is 2.12. The maximum Gasteiger partial charge on any atom is 0.309 e. The van der Waals surface area contributed by atoms with E-state index in [9.17, 15) is 4.79 Å². The largest absolute Gasteiger partial charge is 0.497 e. The molecule has 0 bridgehead atoms. The van der Waals surface area contributed by atoms with Gasteiger partial charge in [-0.15, -0.1) is 11.6 Å². The van der Waals surface area contributed by atoms with Crippen molar-refractivity contribution in [3.63, 3.8) is 0 Å². The Balaban J connectivity index is 2.08. The number of H-pyrrole nitrogens is 1. The number of hydrogen-bond donors (Lipinski definition) is 1. The molecule has 3 rings (SSSR count). The van der Waals surface area contributed by atoms with Crippen molar-refractivity contribution < 1.29 is 19.0 Å². The van der Waals surface area contributed by atoms with Crippen LogP contribution < -0.4 is 4.74 Å². The van der Waals surface area contributed by atoms with Gasteiger partial charge in [0.05, 0.1) is 38.3 Å². The lowest BCUT2D eigenvalue weighted by molar-refractivity contribution is -0.152. The van der Waals surface area contributed by atoms with E-state index in [1.165, 1.54) is 0 Å². The topological polar surface area (TPSA) is 60.5 Å². The molecule has 1 unspecified atom stereocenters. The number of carbonyl (C=O) groups is 1. The quantitative estimate of drug-likeness (QED) is 0.672. The first kappa shape index (κ1) is 16.1. The molecule has 0 radical (unpaired) electrons. The number of benzene rings is 1. The highest BCUT2D eigenvalue weighted by molar-refractivity contribution is 6.18. The van der Waals surface area contributed by atoms with Gasteiger partial charge in [0.25, 0.3) is 0 Å². The monoisotopic (exact) mass is 337 g/mol. The van der Waals surface area contributed by atoms with Crippen LogP contribution in [-0.2, 0) is 26.3 Å². The van der Waals surface area contributed by atoms with E-state index in [0.717, 1.165) is 34.3 Å². The van der Waals surface area contributed by atoms with Crippen LogP contribution in [0.25, 0.3) is 10.9 Å². The van der Waals surface area contributed by atoms with Crippen LogP contribution >= 0.6 is 11.6 Å². The Kier molecular flexibility index (Phi) is 4.50. The van der Waals surface area contributed by atoms with Gasteiger partial charge in [0.15, 0.2) is 0 Å². The number of ether oxygens (including phenoxy) is 3. The number of rotatable bonds is 5. The van der Waals surface area contributed by atoms with Crippen molar-refractivity contribution in [2.24, 2.45) is 0 Å². The van der Waals surface area contributed by atoms with Crippen LogP contribution in [0.5, 0.6) is 5.75 Å². The predicted octanol–water partition coefficient (Wildman–Crippen LogP) is 3.14. The molecule has 2 aromatic rings. The number of methoxy groups -OCH3 is 1. The normalized spacial score (nSPS) is 20.3. The molecule has 0 saturated heterocycles. The third-order valence-electron chi connectivity index (χ3n) is 4.25. The van der Waals surface area contributed by atoms with Crippen molar-refractivity contribution in [2.75, 3.05) is 26.2 Å². The zero-order valence-electron chi connectivity index (χ0n) is 13.3. The van der Waals surface area contributed by atoms with Crippen molar-refractivity contribution in [1.29, 1.82) is 0 Å². The molecule has 1 aromatic heterocycles. The molecule has 0 saturated carbocycles. The van der Waals surface area contributed by atoms with Crippen molar-refractivity contribution in [3.8, 4) is 5.75 Å². The summed E-state index contributed by atoms with van der Waals surface area (Å²) < 4.78 is 16.3. The zero-order chi connectivity index (χ0) is 16.4. The number of carbonyl (C=O) groups excluding carboxylic acids is 1. The molecule has 1 atom stereocenters. The number of nitrogens with one attached hydrogen (secondary N) is 1. The Labute approximate surface area is 139 Å². The van der Waals surface area contributed by atoms with E-state index in [1.807, 2.05) is 18.2 Å². The van der Waals surface area contributed by atoms with E-state index in [2.05, 4.69) is 4.98 Å².